The molecule has 2 fully saturated rings. The van der Waals surface area contributed by atoms with Crippen molar-refractivity contribution in [2.45, 2.75) is 37.8 Å². The van der Waals surface area contributed by atoms with Gasteiger partial charge < -0.3 is 24.4 Å². The Morgan fingerprint density at radius 1 is 0.840 bits per heavy atom. The number of carbonyl (C=O) groups is 4. The van der Waals surface area contributed by atoms with Gasteiger partial charge in [-0.3, -0.25) is 9.59 Å². The van der Waals surface area contributed by atoms with Gasteiger partial charge in [-0.1, -0.05) is 0 Å². The van der Waals surface area contributed by atoms with Gasteiger partial charge in [0.1, 0.15) is 12.1 Å². The van der Waals surface area contributed by atoms with E-state index in [1.165, 1.54) is 21.9 Å². The minimum atomic E-state index is -1.07. The lowest BCUT2D eigenvalue weighted by Crippen LogP contribution is -2.40. The van der Waals surface area contributed by atoms with Crippen molar-refractivity contribution in [1.82, 2.24) is 9.80 Å². The molecular weight excluding hydrogens is 332 g/mol. The summed E-state index contributed by atoms with van der Waals surface area (Å²) >= 11 is 0. The lowest BCUT2D eigenvalue weighted by atomic mass is 10.2. The van der Waals surface area contributed by atoms with E-state index in [9.17, 15) is 19.2 Å². The van der Waals surface area contributed by atoms with Crippen LogP contribution in [0, 0.1) is 0 Å². The second-order valence-corrected chi connectivity index (χ2v) is 6.15. The molecule has 2 amide bonds. The summed E-state index contributed by atoms with van der Waals surface area (Å²) in [6.45, 7) is 0.625. The van der Waals surface area contributed by atoms with Crippen LogP contribution >= 0.6 is 0 Å². The Labute approximate surface area is 142 Å². The van der Waals surface area contributed by atoms with Gasteiger partial charge in [-0.15, -0.1) is 0 Å². The average molecular weight is 350 g/mol. The number of carboxylic acids is 2. The highest BCUT2D eigenvalue weighted by molar-refractivity contribution is 5.98. The fraction of sp³-hybridized carbons (Fsp3) is 0.500. The van der Waals surface area contributed by atoms with Crippen LogP contribution in [0.5, 0.6) is 0 Å². The molecule has 9 heteroatoms. The van der Waals surface area contributed by atoms with Crippen LogP contribution in [0.3, 0.4) is 0 Å². The Bertz CT molecular complexity index is 667. The second-order valence-electron chi connectivity index (χ2n) is 6.15. The molecule has 1 aromatic rings. The predicted molar refractivity (Wildman–Crippen MR) is 82.1 cm³/mol. The molecule has 3 rings (SSSR count). The van der Waals surface area contributed by atoms with Gasteiger partial charge in [0.25, 0.3) is 11.8 Å². The van der Waals surface area contributed by atoms with Crippen molar-refractivity contribution in [2.24, 2.45) is 0 Å². The van der Waals surface area contributed by atoms with E-state index in [4.69, 9.17) is 14.6 Å². The molecule has 0 aromatic carbocycles. The predicted octanol–water partition coefficient (Wildman–Crippen LogP) is 0.658. The number of carbonyl (C=O) groups excluding carboxylic acids is 2. The molecule has 0 bridgehead atoms. The van der Waals surface area contributed by atoms with E-state index < -0.39 is 35.8 Å². The first-order valence-corrected chi connectivity index (χ1v) is 8.07. The van der Waals surface area contributed by atoms with Crippen molar-refractivity contribution in [3.63, 3.8) is 0 Å². The molecule has 0 aliphatic carbocycles. The molecule has 0 saturated carbocycles. The maximum Gasteiger partial charge on any atom is 0.326 e. The normalized spacial score (nSPS) is 23.0. The number of furan rings is 1. The average Bonchev–Trinajstić information content (AvgIpc) is 3.32. The second kappa shape index (κ2) is 6.58. The third kappa shape index (κ3) is 3.09. The molecule has 2 aliphatic heterocycles. The number of hydrogen-bond donors (Lipinski definition) is 2. The highest BCUT2D eigenvalue weighted by Crippen LogP contribution is 2.24. The maximum atomic E-state index is 12.4. The molecule has 0 radical (unpaired) electrons. The van der Waals surface area contributed by atoms with E-state index >= 15 is 0 Å². The van der Waals surface area contributed by atoms with E-state index in [0.29, 0.717) is 38.8 Å². The molecule has 2 atom stereocenters. The summed E-state index contributed by atoms with van der Waals surface area (Å²) in [5.74, 6) is -3.56. The van der Waals surface area contributed by atoms with Crippen molar-refractivity contribution in [3.05, 3.63) is 23.7 Å². The monoisotopic (exact) mass is 350 g/mol. The number of aliphatic carboxylic acids is 2. The fourth-order valence-corrected chi connectivity index (χ4v) is 3.38. The first kappa shape index (κ1) is 17.0. The van der Waals surface area contributed by atoms with Gasteiger partial charge in [0.2, 0.25) is 0 Å². The molecule has 3 heterocycles. The minimum Gasteiger partial charge on any atom is -0.480 e. The van der Waals surface area contributed by atoms with Gasteiger partial charge in [0, 0.05) is 13.1 Å². The molecule has 25 heavy (non-hydrogen) atoms. The molecule has 134 valence electrons. The van der Waals surface area contributed by atoms with Gasteiger partial charge in [0.15, 0.2) is 11.5 Å². The molecule has 1 aromatic heterocycles. The van der Waals surface area contributed by atoms with Gasteiger partial charge in [-0.05, 0) is 37.8 Å². The molecule has 9 nitrogen and oxygen atoms in total. The van der Waals surface area contributed by atoms with Gasteiger partial charge in [-0.2, -0.15) is 0 Å². The largest absolute Gasteiger partial charge is 0.480 e. The minimum absolute atomic E-state index is 0.123. The number of likely N-dealkylation sites (tertiary alicyclic amines) is 2. The maximum absolute atomic E-state index is 12.4. The number of hydrogen-bond acceptors (Lipinski definition) is 5. The van der Waals surface area contributed by atoms with Crippen LogP contribution in [0.4, 0.5) is 0 Å². The zero-order valence-electron chi connectivity index (χ0n) is 13.4. The Morgan fingerprint density at radius 3 is 1.60 bits per heavy atom. The summed E-state index contributed by atoms with van der Waals surface area (Å²) in [4.78, 5) is 49.7. The van der Waals surface area contributed by atoms with E-state index in [0.717, 1.165) is 0 Å². The Balaban J connectivity index is 1.76. The third-order valence-corrected chi connectivity index (χ3v) is 4.63. The van der Waals surface area contributed by atoms with Crippen LogP contribution in [0.1, 0.15) is 46.8 Å². The van der Waals surface area contributed by atoms with E-state index in [1.54, 1.807) is 0 Å². The summed E-state index contributed by atoms with van der Waals surface area (Å²) in [6, 6.07) is 0.843. The van der Waals surface area contributed by atoms with E-state index in [1.807, 2.05) is 0 Å². The van der Waals surface area contributed by atoms with Crippen molar-refractivity contribution >= 4 is 23.8 Å². The lowest BCUT2D eigenvalue weighted by molar-refractivity contribution is -0.142. The van der Waals surface area contributed by atoms with Gasteiger partial charge in [0.05, 0.1) is 0 Å². The molecule has 2 aliphatic rings. The van der Waals surface area contributed by atoms with Crippen LogP contribution in [-0.2, 0) is 9.59 Å². The lowest BCUT2D eigenvalue weighted by Gasteiger charge is -2.21. The Hall–Kier alpha value is -2.84. The molecular formula is C16H18N2O7. The van der Waals surface area contributed by atoms with Crippen LogP contribution in [0.2, 0.25) is 0 Å². The highest BCUT2D eigenvalue weighted by atomic mass is 16.4. The van der Waals surface area contributed by atoms with Crippen molar-refractivity contribution in [2.75, 3.05) is 13.1 Å². The summed E-state index contributed by atoms with van der Waals surface area (Å²) in [7, 11) is 0. The number of carboxylic acid groups (broad SMARTS) is 2. The quantitative estimate of drug-likeness (QED) is 0.816. The summed E-state index contributed by atoms with van der Waals surface area (Å²) in [5.41, 5.74) is 0. The highest BCUT2D eigenvalue weighted by Gasteiger charge is 2.38. The van der Waals surface area contributed by atoms with E-state index in [-0.39, 0.29) is 11.5 Å². The third-order valence-electron chi connectivity index (χ3n) is 4.63. The zero-order chi connectivity index (χ0) is 18.1. The molecule has 2 unspecified atom stereocenters. The van der Waals surface area contributed by atoms with Crippen LogP contribution < -0.4 is 0 Å². The van der Waals surface area contributed by atoms with Crippen molar-refractivity contribution in [3.8, 4) is 0 Å². The van der Waals surface area contributed by atoms with Crippen LogP contribution in [0.15, 0.2) is 16.5 Å². The molecule has 0 spiro atoms. The first-order chi connectivity index (χ1) is 11.9. The molecule has 2 N–H and O–H groups in total. The van der Waals surface area contributed by atoms with E-state index in [2.05, 4.69) is 0 Å². The van der Waals surface area contributed by atoms with Gasteiger partial charge in [-0.25, -0.2) is 9.59 Å². The smallest absolute Gasteiger partial charge is 0.326 e. The number of nitrogens with zero attached hydrogens (tertiary/aromatic N) is 2. The van der Waals surface area contributed by atoms with Crippen molar-refractivity contribution in [1.29, 1.82) is 0 Å². The zero-order valence-corrected chi connectivity index (χ0v) is 13.4. The van der Waals surface area contributed by atoms with Crippen LogP contribution in [-0.4, -0.2) is 68.9 Å². The fourth-order valence-electron chi connectivity index (χ4n) is 3.38. The first-order valence-electron chi connectivity index (χ1n) is 8.07. The Morgan fingerprint density at radius 2 is 1.24 bits per heavy atom. The van der Waals surface area contributed by atoms with Gasteiger partial charge >= 0.3 is 11.9 Å². The summed E-state index contributed by atoms with van der Waals surface area (Å²) in [5, 5.41) is 18.3. The SMILES string of the molecule is O=C(O)C1CCCN1C(=O)c1ccc(C(=O)N2CCCC2C(=O)O)o1. The Kier molecular flexibility index (Phi) is 4.47. The van der Waals surface area contributed by atoms with Crippen molar-refractivity contribution < 1.29 is 33.8 Å². The number of amides is 2. The molecule has 2 saturated heterocycles. The van der Waals surface area contributed by atoms with Crippen LogP contribution in [0.25, 0.3) is 0 Å². The topological polar surface area (TPSA) is 128 Å². The number of rotatable bonds is 4. The summed E-state index contributed by atoms with van der Waals surface area (Å²) < 4.78 is 5.32. The standard InChI is InChI=1S/C16H18N2O7/c19-13(17-7-1-3-9(17)15(21)22)11-5-6-12(25-11)14(20)18-8-2-4-10(18)16(23)24/h5-6,9-10H,1-4,7-8H2,(H,21,22)(H,23,24). The summed E-state index contributed by atoms with van der Waals surface area (Å²) in [6.07, 6.45) is 1.93.